The molecule has 5 nitrogen and oxygen atoms in total. The molecule has 1 saturated heterocycles. The summed E-state index contributed by atoms with van der Waals surface area (Å²) in [6.45, 7) is 0.915. The minimum Gasteiger partial charge on any atom is -0.358 e. The molecule has 2 heterocycles. The van der Waals surface area contributed by atoms with Crippen molar-refractivity contribution in [2.75, 3.05) is 16.8 Å². The molecule has 0 spiro atoms. The Hall–Kier alpha value is -2.04. The summed E-state index contributed by atoms with van der Waals surface area (Å²) < 4.78 is 0. The predicted molar refractivity (Wildman–Crippen MR) is 85.2 cm³/mol. The van der Waals surface area contributed by atoms with Crippen LogP contribution in [0.4, 0.5) is 11.4 Å². The minimum atomic E-state index is -0.0364. The van der Waals surface area contributed by atoms with Crippen molar-refractivity contribution < 1.29 is 9.59 Å². The molecular weight excluding hydrogens is 278 g/mol. The van der Waals surface area contributed by atoms with E-state index in [1.54, 1.807) is 0 Å². The summed E-state index contributed by atoms with van der Waals surface area (Å²) in [5.74, 6) is 0.0193. The lowest BCUT2D eigenvalue weighted by atomic mass is 10.1. The van der Waals surface area contributed by atoms with E-state index in [1.165, 1.54) is 12.8 Å². The number of benzene rings is 1. The number of amides is 2. The Bertz CT molecular complexity index is 622. The molecule has 0 unspecified atom stereocenters. The van der Waals surface area contributed by atoms with Crippen molar-refractivity contribution in [3.63, 3.8) is 0 Å². The van der Waals surface area contributed by atoms with Crippen LogP contribution in [0.3, 0.4) is 0 Å². The molecule has 1 saturated carbocycles. The first-order valence-corrected chi connectivity index (χ1v) is 8.25. The maximum atomic E-state index is 12.4. The first-order valence-electron chi connectivity index (χ1n) is 8.25. The van der Waals surface area contributed by atoms with Gasteiger partial charge in [-0.15, -0.1) is 0 Å². The number of hydrogen-bond donors (Lipinski definition) is 2. The highest BCUT2D eigenvalue weighted by atomic mass is 16.2. The largest absolute Gasteiger partial charge is 0.358 e. The summed E-state index contributed by atoms with van der Waals surface area (Å²) in [5, 5.41) is 6.05. The van der Waals surface area contributed by atoms with Gasteiger partial charge in [0, 0.05) is 18.2 Å². The van der Waals surface area contributed by atoms with E-state index in [4.69, 9.17) is 0 Å². The van der Waals surface area contributed by atoms with Crippen LogP contribution in [0.25, 0.3) is 0 Å². The van der Waals surface area contributed by atoms with E-state index in [0.29, 0.717) is 11.6 Å². The Morgan fingerprint density at radius 1 is 1.18 bits per heavy atom. The van der Waals surface area contributed by atoms with E-state index in [9.17, 15) is 9.59 Å². The van der Waals surface area contributed by atoms with Gasteiger partial charge in [-0.1, -0.05) is 12.8 Å². The van der Waals surface area contributed by atoms with Crippen molar-refractivity contribution in [3.8, 4) is 0 Å². The zero-order chi connectivity index (χ0) is 15.1. The highest BCUT2D eigenvalue weighted by Crippen LogP contribution is 2.37. The van der Waals surface area contributed by atoms with Crippen LogP contribution in [0, 0.1) is 0 Å². The number of carbonyl (C=O) groups excluding carboxylic acids is 2. The van der Waals surface area contributed by atoms with Gasteiger partial charge in [0.1, 0.15) is 6.04 Å². The first kappa shape index (κ1) is 13.6. The lowest BCUT2D eigenvalue weighted by Gasteiger charge is -2.33. The third kappa shape index (κ3) is 2.25. The molecule has 1 aliphatic carbocycles. The average molecular weight is 299 g/mol. The molecule has 1 aromatic carbocycles. The number of hydrogen-bond acceptors (Lipinski definition) is 3. The molecule has 116 valence electrons. The fourth-order valence-corrected chi connectivity index (χ4v) is 3.91. The number of nitrogens with one attached hydrogen (secondary N) is 2. The van der Waals surface area contributed by atoms with Crippen LogP contribution < -0.4 is 15.5 Å². The summed E-state index contributed by atoms with van der Waals surface area (Å²) in [5.41, 5.74) is 2.44. The fraction of sp³-hybridized carbons (Fsp3) is 0.529. The first-order chi connectivity index (χ1) is 10.7. The summed E-state index contributed by atoms with van der Waals surface area (Å²) in [7, 11) is 0. The molecule has 0 radical (unpaired) electrons. The second kappa shape index (κ2) is 5.30. The Kier molecular flexibility index (Phi) is 3.28. The van der Waals surface area contributed by atoms with E-state index in [0.717, 1.165) is 43.6 Å². The van der Waals surface area contributed by atoms with Crippen molar-refractivity contribution in [2.45, 2.75) is 50.6 Å². The monoisotopic (exact) mass is 299 g/mol. The predicted octanol–water partition coefficient (Wildman–Crippen LogP) is 2.28. The van der Waals surface area contributed by atoms with Gasteiger partial charge < -0.3 is 15.5 Å². The summed E-state index contributed by atoms with van der Waals surface area (Å²) in [6, 6.07) is 5.92. The zero-order valence-electron chi connectivity index (χ0n) is 12.6. The van der Waals surface area contributed by atoms with Gasteiger partial charge in [0.05, 0.1) is 11.4 Å². The van der Waals surface area contributed by atoms with Crippen molar-refractivity contribution in [2.24, 2.45) is 0 Å². The second-order valence-electron chi connectivity index (χ2n) is 6.53. The van der Waals surface area contributed by atoms with Gasteiger partial charge >= 0.3 is 0 Å². The number of nitrogens with zero attached hydrogens (tertiary/aromatic N) is 1. The van der Waals surface area contributed by atoms with Crippen LogP contribution in [-0.2, 0) is 4.79 Å². The van der Waals surface area contributed by atoms with Gasteiger partial charge in [-0.05, 0) is 43.9 Å². The van der Waals surface area contributed by atoms with Crippen molar-refractivity contribution in [1.29, 1.82) is 0 Å². The molecule has 0 aromatic heterocycles. The average Bonchev–Trinajstić information content (AvgIpc) is 3.18. The molecule has 3 aliphatic rings. The maximum absolute atomic E-state index is 12.4. The Morgan fingerprint density at radius 2 is 2.00 bits per heavy atom. The number of carbonyl (C=O) groups is 2. The molecule has 22 heavy (non-hydrogen) atoms. The maximum Gasteiger partial charge on any atom is 0.251 e. The van der Waals surface area contributed by atoms with Crippen LogP contribution in [-0.4, -0.2) is 30.4 Å². The van der Waals surface area contributed by atoms with Crippen LogP contribution in [0.5, 0.6) is 0 Å². The van der Waals surface area contributed by atoms with Crippen LogP contribution in [0.15, 0.2) is 18.2 Å². The lowest BCUT2D eigenvalue weighted by Crippen LogP contribution is -2.44. The molecule has 4 rings (SSSR count). The third-order valence-corrected chi connectivity index (χ3v) is 5.07. The third-order valence-electron chi connectivity index (χ3n) is 5.07. The number of rotatable bonds is 2. The quantitative estimate of drug-likeness (QED) is 0.880. The molecule has 2 aliphatic heterocycles. The Labute approximate surface area is 130 Å². The van der Waals surface area contributed by atoms with E-state index in [1.807, 2.05) is 18.2 Å². The number of fused-ring (bicyclic) bond motifs is 3. The van der Waals surface area contributed by atoms with E-state index < -0.39 is 0 Å². The van der Waals surface area contributed by atoms with Crippen LogP contribution >= 0.6 is 0 Å². The standard InChI is InChI=1S/C17H21N3O2/c21-16(18-12-4-1-2-5-12)11-7-8-14-13(10-11)19-17(22)15-6-3-9-20(14)15/h7-8,10,12,15H,1-6,9H2,(H,18,21)(H,19,22)/t15-/m0/s1. The van der Waals surface area contributed by atoms with Gasteiger partial charge in [0.2, 0.25) is 5.91 Å². The van der Waals surface area contributed by atoms with Crippen LogP contribution in [0.1, 0.15) is 48.9 Å². The fourth-order valence-electron chi connectivity index (χ4n) is 3.91. The molecule has 2 fully saturated rings. The van der Waals surface area contributed by atoms with E-state index in [2.05, 4.69) is 15.5 Å². The number of anilines is 2. The lowest BCUT2D eigenvalue weighted by molar-refractivity contribution is -0.117. The molecule has 1 atom stereocenters. The molecule has 2 amide bonds. The molecular formula is C17H21N3O2. The second-order valence-corrected chi connectivity index (χ2v) is 6.53. The van der Waals surface area contributed by atoms with Gasteiger partial charge in [-0.25, -0.2) is 0 Å². The molecule has 2 N–H and O–H groups in total. The van der Waals surface area contributed by atoms with E-state index >= 15 is 0 Å². The Balaban J connectivity index is 1.57. The summed E-state index contributed by atoms with van der Waals surface area (Å²) >= 11 is 0. The molecule has 1 aromatic rings. The van der Waals surface area contributed by atoms with Crippen molar-refractivity contribution in [1.82, 2.24) is 5.32 Å². The highest BCUT2D eigenvalue weighted by Gasteiger charge is 2.36. The topological polar surface area (TPSA) is 61.4 Å². The smallest absolute Gasteiger partial charge is 0.251 e. The Morgan fingerprint density at radius 3 is 2.82 bits per heavy atom. The summed E-state index contributed by atoms with van der Waals surface area (Å²) in [6.07, 6.45) is 6.49. The highest BCUT2D eigenvalue weighted by molar-refractivity contribution is 6.06. The van der Waals surface area contributed by atoms with E-state index in [-0.39, 0.29) is 17.9 Å². The van der Waals surface area contributed by atoms with Crippen LogP contribution in [0.2, 0.25) is 0 Å². The van der Waals surface area contributed by atoms with Gasteiger partial charge in [0.15, 0.2) is 0 Å². The normalized spacial score (nSPS) is 23.9. The SMILES string of the molecule is O=C(NC1CCCC1)c1ccc2c(c1)NC(=O)[C@@H]1CCCN21. The van der Waals surface area contributed by atoms with Gasteiger partial charge in [-0.3, -0.25) is 9.59 Å². The van der Waals surface area contributed by atoms with Gasteiger partial charge in [-0.2, -0.15) is 0 Å². The van der Waals surface area contributed by atoms with Gasteiger partial charge in [0.25, 0.3) is 5.91 Å². The minimum absolute atomic E-state index is 0.0347. The zero-order valence-corrected chi connectivity index (χ0v) is 12.6. The molecule has 0 bridgehead atoms. The molecule has 5 heteroatoms. The summed E-state index contributed by atoms with van der Waals surface area (Å²) in [4.78, 5) is 26.7. The van der Waals surface area contributed by atoms with Crippen molar-refractivity contribution >= 4 is 23.2 Å². The van der Waals surface area contributed by atoms with Crippen molar-refractivity contribution in [3.05, 3.63) is 23.8 Å².